The molecule has 1 aromatic carbocycles. The molecule has 0 aromatic heterocycles. The Labute approximate surface area is 145 Å². The molecule has 0 aliphatic heterocycles. The summed E-state index contributed by atoms with van der Waals surface area (Å²) in [5, 5.41) is 0. The van der Waals surface area contributed by atoms with Crippen LogP contribution in [0.1, 0.15) is 64.2 Å². The van der Waals surface area contributed by atoms with Crippen molar-refractivity contribution in [3.8, 4) is 0 Å². The van der Waals surface area contributed by atoms with Gasteiger partial charge in [0.05, 0.1) is 5.41 Å². The van der Waals surface area contributed by atoms with Gasteiger partial charge < -0.3 is 0 Å². The van der Waals surface area contributed by atoms with Gasteiger partial charge in [-0.1, -0.05) is 57.5 Å². The molecule has 0 spiro atoms. The van der Waals surface area contributed by atoms with Crippen molar-refractivity contribution in [3.05, 3.63) is 40.5 Å². The molecule has 3 rings (SSSR count). The van der Waals surface area contributed by atoms with Gasteiger partial charge in [-0.3, -0.25) is 9.59 Å². The number of hydrogen-bond acceptors (Lipinski definition) is 2. The fourth-order valence-electron chi connectivity index (χ4n) is 4.83. The number of ketones is 2. The predicted octanol–water partition coefficient (Wildman–Crippen LogP) is 4.93. The van der Waals surface area contributed by atoms with Gasteiger partial charge in [-0.2, -0.15) is 0 Å². The average molecular weight is 324 g/mol. The van der Waals surface area contributed by atoms with E-state index in [1.54, 1.807) is 6.92 Å². The maximum absolute atomic E-state index is 13.0. The van der Waals surface area contributed by atoms with Crippen LogP contribution in [-0.2, 0) is 16.0 Å². The second-order valence-corrected chi connectivity index (χ2v) is 8.87. The first-order valence-electron chi connectivity index (χ1n) is 8.85. The molecule has 1 atom stereocenters. The first-order chi connectivity index (χ1) is 11.0. The first kappa shape index (κ1) is 17.1. The van der Waals surface area contributed by atoms with Gasteiger partial charge in [0, 0.05) is 6.42 Å². The van der Waals surface area contributed by atoms with Crippen molar-refractivity contribution >= 4 is 17.6 Å². The molecule has 128 valence electrons. The zero-order chi connectivity index (χ0) is 17.9. The Morgan fingerprint density at radius 3 is 2.33 bits per heavy atom. The smallest absolute Gasteiger partial charge is 0.147 e. The second kappa shape index (κ2) is 5.15. The number of Topliss-reactive ketones (excluding diaryl/α,β-unsaturated/α-hetero) is 2. The molecule has 0 saturated heterocycles. The third kappa shape index (κ3) is 2.08. The molecule has 0 amide bonds. The molecule has 1 saturated carbocycles. The van der Waals surface area contributed by atoms with Gasteiger partial charge in [-0.15, -0.1) is 0 Å². The highest BCUT2D eigenvalue weighted by atomic mass is 16.2. The van der Waals surface area contributed by atoms with E-state index in [-0.39, 0.29) is 22.4 Å². The lowest BCUT2D eigenvalue weighted by molar-refractivity contribution is -0.144. The van der Waals surface area contributed by atoms with Gasteiger partial charge in [0.1, 0.15) is 11.6 Å². The summed E-state index contributed by atoms with van der Waals surface area (Å²) in [5.41, 5.74) is 3.67. The molecular weight excluding hydrogens is 296 g/mol. The van der Waals surface area contributed by atoms with Gasteiger partial charge in [0.15, 0.2) is 0 Å². The zero-order valence-corrected chi connectivity index (χ0v) is 15.7. The number of fused-ring (bicyclic) bond motifs is 1. The van der Waals surface area contributed by atoms with Gasteiger partial charge >= 0.3 is 0 Å². The first-order valence-corrected chi connectivity index (χ1v) is 8.85. The Hall–Kier alpha value is -1.70. The average Bonchev–Trinajstić information content (AvgIpc) is 2.91. The van der Waals surface area contributed by atoms with Crippen molar-refractivity contribution in [2.75, 3.05) is 0 Å². The summed E-state index contributed by atoms with van der Waals surface area (Å²) in [6, 6.07) is 6.33. The number of carbonyl (C=O) groups excluding carboxylic acids is 2. The van der Waals surface area contributed by atoms with Crippen molar-refractivity contribution in [1.29, 1.82) is 0 Å². The summed E-state index contributed by atoms with van der Waals surface area (Å²) in [6.45, 7) is 12.2. The summed E-state index contributed by atoms with van der Waals surface area (Å²) in [7, 11) is 0. The molecule has 0 N–H and O–H groups in total. The Kier molecular flexibility index (Phi) is 3.67. The maximum atomic E-state index is 13.0. The second-order valence-electron chi connectivity index (χ2n) is 8.87. The Balaban J connectivity index is 2.03. The minimum absolute atomic E-state index is 0.0247. The number of benzene rings is 1. The van der Waals surface area contributed by atoms with E-state index < -0.39 is 5.41 Å². The molecule has 2 aliphatic carbocycles. The van der Waals surface area contributed by atoms with E-state index in [2.05, 4.69) is 58.9 Å². The lowest BCUT2D eigenvalue weighted by atomic mass is 9.56. The molecule has 1 fully saturated rings. The third-order valence-corrected chi connectivity index (χ3v) is 7.14. The van der Waals surface area contributed by atoms with E-state index in [1.807, 2.05) is 0 Å². The Morgan fingerprint density at radius 2 is 1.83 bits per heavy atom. The van der Waals surface area contributed by atoms with Gasteiger partial charge in [0.2, 0.25) is 0 Å². The fraction of sp³-hybridized carbons (Fsp3) is 0.545. The highest BCUT2D eigenvalue weighted by Crippen LogP contribution is 2.63. The number of rotatable bonds is 3. The summed E-state index contributed by atoms with van der Waals surface area (Å²) in [5.74, 6) is 0.148. The molecule has 2 nitrogen and oxygen atoms in total. The molecule has 0 radical (unpaired) electrons. The van der Waals surface area contributed by atoms with Crippen LogP contribution in [0.2, 0.25) is 0 Å². The van der Waals surface area contributed by atoms with Crippen LogP contribution < -0.4 is 0 Å². The highest BCUT2D eigenvalue weighted by molar-refractivity contribution is 6.09. The summed E-state index contributed by atoms with van der Waals surface area (Å²) in [4.78, 5) is 25.8. The Morgan fingerprint density at radius 1 is 1.17 bits per heavy atom. The van der Waals surface area contributed by atoms with Crippen LogP contribution in [0.4, 0.5) is 0 Å². The SMILES string of the molecule is CC(=O)C1(CC2=Cc3cccc(C)c3C2)C(=O)CC(C)(C)C1(C)C. The predicted molar refractivity (Wildman–Crippen MR) is 97.8 cm³/mol. The van der Waals surface area contributed by atoms with Crippen LogP contribution in [-0.4, -0.2) is 11.6 Å². The quantitative estimate of drug-likeness (QED) is 0.739. The van der Waals surface area contributed by atoms with E-state index in [4.69, 9.17) is 0 Å². The van der Waals surface area contributed by atoms with Crippen LogP contribution in [0.3, 0.4) is 0 Å². The number of carbonyl (C=O) groups is 2. The minimum Gasteiger partial charge on any atom is -0.299 e. The van der Waals surface area contributed by atoms with Crippen molar-refractivity contribution < 1.29 is 9.59 Å². The van der Waals surface area contributed by atoms with Crippen LogP contribution in [0.15, 0.2) is 23.8 Å². The third-order valence-electron chi connectivity index (χ3n) is 7.14. The molecule has 1 aromatic rings. The van der Waals surface area contributed by atoms with Gasteiger partial charge in [-0.05, 0) is 54.2 Å². The normalized spacial score (nSPS) is 27.1. The number of hydrogen-bond donors (Lipinski definition) is 0. The molecule has 0 heterocycles. The molecule has 0 bridgehead atoms. The van der Waals surface area contributed by atoms with E-state index in [0.29, 0.717) is 12.8 Å². The van der Waals surface area contributed by atoms with Crippen molar-refractivity contribution in [2.24, 2.45) is 16.2 Å². The van der Waals surface area contributed by atoms with Crippen molar-refractivity contribution in [2.45, 2.75) is 60.8 Å². The van der Waals surface area contributed by atoms with E-state index in [9.17, 15) is 9.59 Å². The fourth-order valence-corrected chi connectivity index (χ4v) is 4.83. The van der Waals surface area contributed by atoms with Crippen molar-refractivity contribution in [1.82, 2.24) is 0 Å². The highest BCUT2D eigenvalue weighted by Gasteiger charge is 2.66. The Bertz CT molecular complexity index is 764. The summed E-state index contributed by atoms with van der Waals surface area (Å²) >= 11 is 0. The monoisotopic (exact) mass is 324 g/mol. The van der Waals surface area contributed by atoms with E-state index >= 15 is 0 Å². The zero-order valence-electron chi connectivity index (χ0n) is 15.7. The largest absolute Gasteiger partial charge is 0.299 e. The van der Waals surface area contributed by atoms with Crippen LogP contribution in [0.5, 0.6) is 0 Å². The molecule has 1 unspecified atom stereocenters. The van der Waals surface area contributed by atoms with Crippen LogP contribution in [0.25, 0.3) is 6.08 Å². The van der Waals surface area contributed by atoms with E-state index in [1.165, 1.54) is 22.3 Å². The van der Waals surface area contributed by atoms with Crippen LogP contribution in [0, 0.1) is 23.2 Å². The molecule has 24 heavy (non-hydrogen) atoms. The topological polar surface area (TPSA) is 34.1 Å². The lowest BCUT2D eigenvalue weighted by Gasteiger charge is -2.45. The van der Waals surface area contributed by atoms with Gasteiger partial charge in [-0.25, -0.2) is 0 Å². The number of allylic oxidation sites excluding steroid dienone is 1. The van der Waals surface area contributed by atoms with Crippen LogP contribution >= 0.6 is 0 Å². The van der Waals surface area contributed by atoms with Crippen molar-refractivity contribution in [3.63, 3.8) is 0 Å². The summed E-state index contributed by atoms with van der Waals surface area (Å²) in [6.07, 6.45) is 4.10. The molecular formula is C22H28O2. The summed E-state index contributed by atoms with van der Waals surface area (Å²) < 4.78 is 0. The minimum atomic E-state index is -0.891. The standard InChI is InChI=1S/C22H28O2/c1-14-8-7-9-17-10-16(11-18(14)17)12-22(15(2)23)19(24)13-20(3,4)21(22,5)6/h7-10H,11-13H2,1-6H3. The lowest BCUT2D eigenvalue weighted by Crippen LogP contribution is -2.48. The molecule has 2 heteroatoms. The van der Waals surface area contributed by atoms with Gasteiger partial charge in [0.25, 0.3) is 0 Å². The van der Waals surface area contributed by atoms with E-state index in [0.717, 1.165) is 6.42 Å². The maximum Gasteiger partial charge on any atom is 0.147 e. The molecule has 2 aliphatic rings. The number of aryl methyl sites for hydroxylation is 1.